The van der Waals surface area contributed by atoms with Crippen LogP contribution in [0.1, 0.15) is 33.1 Å². The largest absolute Gasteiger partial charge is 0.373 e. The molecule has 0 aromatic carbocycles. The number of nitrogens with one attached hydrogen (secondary N) is 1. The molecule has 1 atom stereocenters. The van der Waals surface area contributed by atoms with Gasteiger partial charge < -0.3 is 10.1 Å². The first-order valence-corrected chi connectivity index (χ1v) is 8.82. The van der Waals surface area contributed by atoms with E-state index in [9.17, 15) is 8.42 Å². The van der Waals surface area contributed by atoms with Crippen LogP contribution in [0.5, 0.6) is 0 Å². The van der Waals surface area contributed by atoms with E-state index in [2.05, 4.69) is 5.32 Å². The van der Waals surface area contributed by atoms with E-state index in [1.165, 1.54) is 0 Å². The van der Waals surface area contributed by atoms with Gasteiger partial charge in [0.15, 0.2) is 0 Å². The molecule has 0 saturated carbocycles. The Kier molecular flexibility index (Phi) is 5.07. The number of nitrogens with zero attached hydrogens (tertiary/aromatic N) is 2. The Morgan fingerprint density at radius 3 is 2.70 bits per heavy atom. The summed E-state index contributed by atoms with van der Waals surface area (Å²) in [5.74, 6) is 0. The van der Waals surface area contributed by atoms with Crippen LogP contribution in [0.2, 0.25) is 0 Å². The summed E-state index contributed by atoms with van der Waals surface area (Å²) in [4.78, 5) is 0. The minimum Gasteiger partial charge on any atom is -0.373 e. The Morgan fingerprint density at radius 1 is 1.30 bits per heavy atom. The predicted octanol–water partition coefficient (Wildman–Crippen LogP) is 0.416. The summed E-state index contributed by atoms with van der Waals surface area (Å²) in [6.07, 6.45) is 2.99. The molecule has 2 aliphatic rings. The SMILES string of the molecule is CNCC1CCCCN1S(=O)(=O)N1CCOC(C)(C)C1. The maximum atomic E-state index is 12.9. The van der Waals surface area contributed by atoms with Crippen LogP contribution in [-0.4, -0.2) is 68.5 Å². The number of hydrogen-bond acceptors (Lipinski definition) is 4. The van der Waals surface area contributed by atoms with Gasteiger partial charge in [0, 0.05) is 32.2 Å². The Hall–Kier alpha value is -0.210. The standard InChI is InChI=1S/C13H27N3O3S/c1-13(2)11-15(8-9-19-13)20(17,18)16-7-5-4-6-12(16)10-14-3/h12,14H,4-11H2,1-3H3. The maximum Gasteiger partial charge on any atom is 0.282 e. The van der Waals surface area contributed by atoms with Crippen LogP contribution in [0.25, 0.3) is 0 Å². The Balaban J connectivity index is 2.15. The van der Waals surface area contributed by atoms with Crippen molar-refractivity contribution in [3.63, 3.8) is 0 Å². The molecule has 2 rings (SSSR count). The molecule has 1 N–H and O–H groups in total. The molecule has 2 fully saturated rings. The van der Waals surface area contributed by atoms with Crippen molar-refractivity contribution in [1.29, 1.82) is 0 Å². The summed E-state index contributed by atoms with van der Waals surface area (Å²) < 4.78 is 34.7. The van der Waals surface area contributed by atoms with E-state index in [4.69, 9.17) is 4.74 Å². The van der Waals surface area contributed by atoms with Crippen molar-refractivity contribution in [1.82, 2.24) is 13.9 Å². The molecule has 118 valence electrons. The van der Waals surface area contributed by atoms with Crippen molar-refractivity contribution in [3.8, 4) is 0 Å². The van der Waals surface area contributed by atoms with Crippen molar-refractivity contribution in [2.24, 2.45) is 0 Å². The molecule has 0 aliphatic carbocycles. The lowest BCUT2D eigenvalue weighted by atomic mass is 10.1. The van der Waals surface area contributed by atoms with Crippen LogP contribution in [0, 0.1) is 0 Å². The van der Waals surface area contributed by atoms with Crippen molar-refractivity contribution in [2.45, 2.75) is 44.8 Å². The molecule has 2 saturated heterocycles. The van der Waals surface area contributed by atoms with E-state index in [1.54, 1.807) is 8.61 Å². The second kappa shape index (κ2) is 6.27. The molecular formula is C13H27N3O3S. The fourth-order valence-corrected chi connectivity index (χ4v) is 5.03. The zero-order chi connectivity index (χ0) is 14.8. The molecular weight excluding hydrogens is 278 g/mol. The summed E-state index contributed by atoms with van der Waals surface area (Å²) in [5.41, 5.74) is -0.403. The highest BCUT2D eigenvalue weighted by atomic mass is 32.2. The number of ether oxygens (including phenoxy) is 1. The Morgan fingerprint density at radius 2 is 2.05 bits per heavy atom. The average Bonchev–Trinajstić information content (AvgIpc) is 2.38. The lowest BCUT2D eigenvalue weighted by Gasteiger charge is -2.42. The van der Waals surface area contributed by atoms with Gasteiger partial charge in [-0.05, 0) is 33.7 Å². The normalized spacial score (nSPS) is 29.4. The highest BCUT2D eigenvalue weighted by Gasteiger charge is 2.40. The van der Waals surface area contributed by atoms with Gasteiger partial charge in [-0.2, -0.15) is 17.0 Å². The molecule has 7 heteroatoms. The van der Waals surface area contributed by atoms with Crippen LogP contribution in [0.3, 0.4) is 0 Å². The number of rotatable bonds is 4. The summed E-state index contributed by atoms with van der Waals surface area (Å²) in [7, 11) is -1.51. The molecule has 0 amide bonds. The van der Waals surface area contributed by atoms with Gasteiger partial charge in [0.2, 0.25) is 0 Å². The van der Waals surface area contributed by atoms with E-state index >= 15 is 0 Å². The topological polar surface area (TPSA) is 61.9 Å². The summed E-state index contributed by atoms with van der Waals surface area (Å²) in [6, 6.07) is 0.0738. The second-order valence-electron chi connectivity index (χ2n) is 6.27. The van der Waals surface area contributed by atoms with Crippen LogP contribution >= 0.6 is 0 Å². The molecule has 2 aliphatic heterocycles. The van der Waals surface area contributed by atoms with Crippen molar-refractivity contribution >= 4 is 10.2 Å². The molecule has 2 heterocycles. The van der Waals surface area contributed by atoms with Gasteiger partial charge in [-0.15, -0.1) is 0 Å². The van der Waals surface area contributed by atoms with Gasteiger partial charge in [0.1, 0.15) is 0 Å². The Labute approximate surface area is 122 Å². The van der Waals surface area contributed by atoms with Gasteiger partial charge in [0.25, 0.3) is 10.2 Å². The molecule has 0 radical (unpaired) electrons. The highest BCUT2D eigenvalue weighted by Crippen LogP contribution is 2.26. The highest BCUT2D eigenvalue weighted by molar-refractivity contribution is 7.86. The molecule has 0 spiro atoms. The number of hydrogen-bond donors (Lipinski definition) is 1. The number of piperidine rings is 1. The second-order valence-corrected chi connectivity index (χ2v) is 8.15. The lowest BCUT2D eigenvalue weighted by molar-refractivity contribution is -0.0656. The third-order valence-electron chi connectivity index (χ3n) is 4.03. The van der Waals surface area contributed by atoms with Crippen LogP contribution in [0.15, 0.2) is 0 Å². The molecule has 1 unspecified atom stereocenters. The molecule has 0 bridgehead atoms. The zero-order valence-electron chi connectivity index (χ0n) is 12.8. The first kappa shape index (κ1) is 16.2. The van der Waals surface area contributed by atoms with Crippen molar-refractivity contribution in [2.75, 3.05) is 39.8 Å². The molecule has 0 aromatic heterocycles. The third kappa shape index (κ3) is 3.51. The van der Waals surface area contributed by atoms with E-state index in [1.807, 2.05) is 20.9 Å². The third-order valence-corrected chi connectivity index (χ3v) is 6.06. The number of morpholine rings is 1. The van der Waals surface area contributed by atoms with Gasteiger partial charge in [-0.3, -0.25) is 0 Å². The minimum absolute atomic E-state index is 0.0738. The molecule has 20 heavy (non-hydrogen) atoms. The zero-order valence-corrected chi connectivity index (χ0v) is 13.6. The summed E-state index contributed by atoms with van der Waals surface area (Å²) in [5, 5.41) is 3.11. The van der Waals surface area contributed by atoms with Crippen molar-refractivity contribution < 1.29 is 13.2 Å². The van der Waals surface area contributed by atoms with Gasteiger partial charge in [-0.25, -0.2) is 0 Å². The predicted molar refractivity (Wildman–Crippen MR) is 78.8 cm³/mol. The van der Waals surface area contributed by atoms with Crippen LogP contribution < -0.4 is 5.32 Å². The quantitative estimate of drug-likeness (QED) is 0.817. The van der Waals surface area contributed by atoms with E-state index in [0.717, 1.165) is 19.3 Å². The average molecular weight is 305 g/mol. The van der Waals surface area contributed by atoms with E-state index in [0.29, 0.717) is 32.8 Å². The Bertz CT molecular complexity index is 423. The van der Waals surface area contributed by atoms with Crippen LogP contribution in [-0.2, 0) is 14.9 Å². The van der Waals surface area contributed by atoms with Gasteiger partial charge >= 0.3 is 0 Å². The smallest absolute Gasteiger partial charge is 0.282 e. The fourth-order valence-electron chi connectivity index (χ4n) is 3.04. The summed E-state index contributed by atoms with van der Waals surface area (Å²) in [6.45, 7) is 6.58. The molecule has 0 aromatic rings. The monoisotopic (exact) mass is 305 g/mol. The van der Waals surface area contributed by atoms with Crippen LogP contribution in [0.4, 0.5) is 0 Å². The minimum atomic E-state index is -3.38. The first-order valence-electron chi connectivity index (χ1n) is 7.42. The van der Waals surface area contributed by atoms with E-state index in [-0.39, 0.29) is 6.04 Å². The lowest BCUT2D eigenvalue weighted by Crippen LogP contribution is -2.58. The van der Waals surface area contributed by atoms with Gasteiger partial charge in [-0.1, -0.05) is 6.42 Å². The number of likely N-dealkylation sites (N-methyl/N-ethyl adjacent to an activating group) is 1. The van der Waals surface area contributed by atoms with Crippen molar-refractivity contribution in [3.05, 3.63) is 0 Å². The van der Waals surface area contributed by atoms with Gasteiger partial charge in [0.05, 0.1) is 12.2 Å². The van der Waals surface area contributed by atoms with E-state index < -0.39 is 15.8 Å². The fraction of sp³-hybridized carbons (Fsp3) is 1.00. The first-order chi connectivity index (χ1) is 9.37. The molecule has 6 nitrogen and oxygen atoms in total. The maximum absolute atomic E-state index is 12.9. The summed E-state index contributed by atoms with van der Waals surface area (Å²) >= 11 is 0.